The molecule has 2 unspecified atom stereocenters. The number of rotatable bonds is 2. The highest BCUT2D eigenvalue weighted by Gasteiger charge is 2.36. The van der Waals surface area contributed by atoms with Gasteiger partial charge in [-0.1, -0.05) is 6.42 Å². The number of aromatic carboxylic acids is 1. The monoisotopic (exact) mass is 246 g/mol. The van der Waals surface area contributed by atoms with E-state index in [-0.39, 0.29) is 5.56 Å². The number of nitrogens with zero attached hydrogens (tertiary/aromatic N) is 2. The Morgan fingerprint density at radius 3 is 2.61 bits per heavy atom. The molecular formula is C14H18N2O2. The summed E-state index contributed by atoms with van der Waals surface area (Å²) >= 11 is 0. The zero-order chi connectivity index (χ0) is 12.7. The topological polar surface area (TPSA) is 53.4 Å². The molecule has 2 heterocycles. The molecule has 3 rings (SSSR count). The number of aryl methyl sites for hydroxylation is 1. The summed E-state index contributed by atoms with van der Waals surface area (Å²) < 4.78 is 0. The van der Waals surface area contributed by atoms with Crippen LogP contribution in [0.2, 0.25) is 0 Å². The molecule has 1 aliphatic heterocycles. The van der Waals surface area contributed by atoms with Crippen molar-refractivity contribution in [1.82, 2.24) is 4.98 Å². The Bertz CT molecular complexity index is 475. The lowest BCUT2D eigenvalue weighted by Crippen LogP contribution is -2.23. The second-order valence-electron chi connectivity index (χ2n) is 5.53. The highest BCUT2D eigenvalue weighted by atomic mass is 16.4. The van der Waals surface area contributed by atoms with Gasteiger partial charge in [-0.2, -0.15) is 0 Å². The predicted molar refractivity (Wildman–Crippen MR) is 69.0 cm³/mol. The predicted octanol–water partition coefficient (Wildman–Crippen LogP) is 2.32. The fourth-order valence-corrected chi connectivity index (χ4v) is 3.42. The van der Waals surface area contributed by atoms with E-state index in [9.17, 15) is 4.79 Å². The second kappa shape index (κ2) is 4.26. The molecule has 4 heteroatoms. The third-order valence-electron chi connectivity index (χ3n) is 4.32. The van der Waals surface area contributed by atoms with Gasteiger partial charge < -0.3 is 10.0 Å². The molecule has 2 atom stereocenters. The van der Waals surface area contributed by atoms with Gasteiger partial charge in [0.2, 0.25) is 0 Å². The number of carboxylic acid groups (broad SMARTS) is 1. The highest BCUT2D eigenvalue weighted by Crippen LogP contribution is 2.39. The summed E-state index contributed by atoms with van der Waals surface area (Å²) in [6.45, 7) is 4.12. The molecule has 2 fully saturated rings. The van der Waals surface area contributed by atoms with Crippen molar-refractivity contribution < 1.29 is 9.90 Å². The van der Waals surface area contributed by atoms with Crippen LogP contribution in [0.4, 0.5) is 5.82 Å². The molecule has 1 N–H and O–H groups in total. The minimum atomic E-state index is -0.907. The number of fused-ring (bicyclic) bond motifs is 1. The molecule has 96 valence electrons. The zero-order valence-electron chi connectivity index (χ0n) is 10.6. The molecule has 4 nitrogen and oxygen atoms in total. The molecule has 1 saturated heterocycles. The van der Waals surface area contributed by atoms with Gasteiger partial charge in [0.1, 0.15) is 5.82 Å². The van der Waals surface area contributed by atoms with Crippen LogP contribution < -0.4 is 4.90 Å². The summed E-state index contributed by atoms with van der Waals surface area (Å²) in [7, 11) is 0. The number of carboxylic acids is 1. The van der Waals surface area contributed by atoms with Crippen molar-refractivity contribution in [2.75, 3.05) is 18.0 Å². The lowest BCUT2D eigenvalue weighted by Gasteiger charge is -2.20. The standard InChI is InChI=1S/C14H18N2O2/c1-9-5-12(14(17)18)6-15-13(9)16-7-10-3-2-4-11(10)8-16/h5-6,10-11H,2-4,7-8H2,1H3,(H,17,18). The number of hydrogen-bond acceptors (Lipinski definition) is 3. The van der Waals surface area contributed by atoms with Crippen molar-refractivity contribution in [3.63, 3.8) is 0 Å². The summed E-state index contributed by atoms with van der Waals surface area (Å²) in [4.78, 5) is 17.6. The van der Waals surface area contributed by atoms with Crippen LogP contribution in [0.1, 0.15) is 35.2 Å². The molecule has 0 spiro atoms. The maximum Gasteiger partial charge on any atom is 0.337 e. The van der Waals surface area contributed by atoms with E-state index in [1.54, 1.807) is 6.07 Å². The Kier molecular flexibility index (Phi) is 2.73. The van der Waals surface area contributed by atoms with Gasteiger partial charge in [0, 0.05) is 19.3 Å². The number of anilines is 1. The van der Waals surface area contributed by atoms with E-state index in [2.05, 4.69) is 9.88 Å². The number of carbonyl (C=O) groups is 1. The van der Waals surface area contributed by atoms with Gasteiger partial charge in [0.15, 0.2) is 0 Å². The van der Waals surface area contributed by atoms with Crippen molar-refractivity contribution in [2.24, 2.45) is 11.8 Å². The maximum absolute atomic E-state index is 10.9. The van der Waals surface area contributed by atoms with Crippen LogP contribution in [0, 0.1) is 18.8 Å². The minimum Gasteiger partial charge on any atom is -0.478 e. The lowest BCUT2D eigenvalue weighted by molar-refractivity contribution is 0.0696. The van der Waals surface area contributed by atoms with Gasteiger partial charge >= 0.3 is 5.97 Å². The van der Waals surface area contributed by atoms with E-state index < -0.39 is 5.97 Å². The van der Waals surface area contributed by atoms with Crippen LogP contribution in [0.3, 0.4) is 0 Å². The van der Waals surface area contributed by atoms with Crippen molar-refractivity contribution in [3.8, 4) is 0 Å². The third kappa shape index (κ3) is 1.85. The Morgan fingerprint density at radius 1 is 1.39 bits per heavy atom. The molecule has 18 heavy (non-hydrogen) atoms. The molecule has 0 radical (unpaired) electrons. The third-order valence-corrected chi connectivity index (χ3v) is 4.32. The SMILES string of the molecule is Cc1cc(C(=O)O)cnc1N1CC2CCCC2C1. The van der Waals surface area contributed by atoms with Gasteiger partial charge in [0.05, 0.1) is 5.56 Å². The fourth-order valence-electron chi connectivity index (χ4n) is 3.42. The van der Waals surface area contributed by atoms with Crippen molar-refractivity contribution in [3.05, 3.63) is 23.4 Å². The fraction of sp³-hybridized carbons (Fsp3) is 0.571. The zero-order valence-corrected chi connectivity index (χ0v) is 10.6. The molecule has 2 aliphatic rings. The first-order valence-corrected chi connectivity index (χ1v) is 6.60. The van der Waals surface area contributed by atoms with E-state index in [1.807, 2.05) is 6.92 Å². The molecule has 0 bridgehead atoms. The number of aromatic nitrogens is 1. The summed E-state index contributed by atoms with van der Waals surface area (Å²) in [5.74, 6) is 1.71. The van der Waals surface area contributed by atoms with Crippen LogP contribution >= 0.6 is 0 Å². The lowest BCUT2D eigenvalue weighted by atomic mass is 10.0. The summed E-state index contributed by atoms with van der Waals surface area (Å²) in [5, 5.41) is 8.94. The quantitative estimate of drug-likeness (QED) is 0.870. The van der Waals surface area contributed by atoms with Gasteiger partial charge in [0.25, 0.3) is 0 Å². The van der Waals surface area contributed by atoms with Crippen LogP contribution in [-0.4, -0.2) is 29.1 Å². The smallest absolute Gasteiger partial charge is 0.337 e. The average molecular weight is 246 g/mol. The molecule has 0 aromatic carbocycles. The summed E-state index contributed by atoms with van der Waals surface area (Å²) in [6.07, 6.45) is 5.52. The first kappa shape index (κ1) is 11.5. The van der Waals surface area contributed by atoms with Crippen molar-refractivity contribution in [1.29, 1.82) is 0 Å². The Labute approximate surface area is 107 Å². The van der Waals surface area contributed by atoms with E-state index >= 15 is 0 Å². The van der Waals surface area contributed by atoms with Crippen LogP contribution in [0.15, 0.2) is 12.3 Å². The van der Waals surface area contributed by atoms with Crippen molar-refractivity contribution >= 4 is 11.8 Å². The Balaban J connectivity index is 1.83. The normalized spacial score (nSPS) is 26.4. The van der Waals surface area contributed by atoms with Crippen LogP contribution in [0.5, 0.6) is 0 Å². The molecule has 1 aliphatic carbocycles. The molecule has 1 aromatic rings. The largest absolute Gasteiger partial charge is 0.478 e. The van der Waals surface area contributed by atoms with Crippen LogP contribution in [-0.2, 0) is 0 Å². The Morgan fingerprint density at radius 2 is 2.06 bits per heavy atom. The van der Waals surface area contributed by atoms with Gasteiger partial charge in [-0.25, -0.2) is 9.78 Å². The second-order valence-corrected chi connectivity index (χ2v) is 5.53. The van der Waals surface area contributed by atoms with Gasteiger partial charge in [-0.3, -0.25) is 0 Å². The summed E-state index contributed by atoms with van der Waals surface area (Å²) in [6, 6.07) is 1.72. The van der Waals surface area contributed by atoms with E-state index in [1.165, 1.54) is 25.5 Å². The summed E-state index contributed by atoms with van der Waals surface area (Å²) in [5.41, 5.74) is 1.24. The molecule has 1 aromatic heterocycles. The minimum absolute atomic E-state index is 0.274. The number of hydrogen-bond donors (Lipinski definition) is 1. The van der Waals surface area contributed by atoms with Crippen molar-refractivity contribution in [2.45, 2.75) is 26.2 Å². The average Bonchev–Trinajstić information content (AvgIpc) is 2.88. The maximum atomic E-state index is 10.9. The Hall–Kier alpha value is -1.58. The first-order valence-electron chi connectivity index (χ1n) is 6.60. The van der Waals surface area contributed by atoms with Gasteiger partial charge in [-0.15, -0.1) is 0 Å². The van der Waals surface area contributed by atoms with E-state index in [0.29, 0.717) is 0 Å². The first-order chi connectivity index (χ1) is 8.65. The van der Waals surface area contributed by atoms with E-state index in [4.69, 9.17) is 5.11 Å². The molecule has 1 saturated carbocycles. The number of pyridine rings is 1. The molecular weight excluding hydrogens is 228 g/mol. The van der Waals surface area contributed by atoms with Crippen LogP contribution in [0.25, 0.3) is 0 Å². The van der Waals surface area contributed by atoms with E-state index in [0.717, 1.165) is 36.3 Å². The highest BCUT2D eigenvalue weighted by molar-refractivity contribution is 5.87. The van der Waals surface area contributed by atoms with Gasteiger partial charge in [-0.05, 0) is 43.2 Å². The molecule has 0 amide bonds.